The molecule has 3 fully saturated rings. The van der Waals surface area contributed by atoms with Crippen LogP contribution in [0, 0.1) is 23.7 Å². The maximum absolute atomic E-state index is 13.4. The van der Waals surface area contributed by atoms with Gasteiger partial charge in [-0.1, -0.05) is 41.9 Å². The van der Waals surface area contributed by atoms with E-state index in [1.807, 2.05) is 0 Å². The van der Waals surface area contributed by atoms with Crippen LogP contribution in [0.25, 0.3) is 0 Å². The number of esters is 1. The van der Waals surface area contributed by atoms with Gasteiger partial charge >= 0.3 is 12.1 Å². The van der Waals surface area contributed by atoms with Gasteiger partial charge in [0.15, 0.2) is 6.61 Å². The zero-order valence-corrected chi connectivity index (χ0v) is 20.8. The molecule has 7 nitrogen and oxygen atoms in total. The van der Waals surface area contributed by atoms with Crippen molar-refractivity contribution in [2.24, 2.45) is 23.7 Å². The third-order valence-electron chi connectivity index (χ3n) is 7.73. The zero-order valence-electron chi connectivity index (χ0n) is 20.0. The third kappa shape index (κ3) is 4.89. The number of carbonyl (C=O) groups excluding carboxylic acids is 4. The second-order valence-electron chi connectivity index (χ2n) is 9.99. The summed E-state index contributed by atoms with van der Waals surface area (Å²) in [6.45, 7) is -0.842. The SMILES string of the molecule is O=C(COC(=O)[C@H](Cc1ccccc1)N1C(=O)[C@@H]2[C@H]3CC[C@@H](C3)[C@H]2C1=O)Nc1cc(C(F)(F)F)ccc1Cl. The lowest BCUT2D eigenvalue weighted by molar-refractivity contribution is -0.160. The molecule has 38 heavy (non-hydrogen) atoms. The first kappa shape index (κ1) is 26.2. The molecule has 5 rings (SSSR count). The second-order valence-corrected chi connectivity index (χ2v) is 10.4. The van der Waals surface area contributed by atoms with Crippen molar-refractivity contribution in [2.45, 2.75) is 37.9 Å². The standard InChI is InChI=1S/C27H24ClF3N2O5/c28-18-9-8-17(27(29,30)31)12-19(18)32-21(34)13-38-26(37)20(10-14-4-2-1-3-5-14)33-24(35)22-15-6-7-16(11-15)23(22)25(33)36/h1-5,8-9,12,15-16,20,22-23H,6-7,10-11,13H2,(H,32,34)/t15-,16-,20-,22+,23+/m0/s1. The van der Waals surface area contributed by atoms with E-state index in [4.69, 9.17) is 16.3 Å². The van der Waals surface area contributed by atoms with E-state index in [-0.39, 0.29) is 40.8 Å². The molecule has 3 amide bonds. The van der Waals surface area contributed by atoms with Gasteiger partial charge in [0.1, 0.15) is 6.04 Å². The van der Waals surface area contributed by atoms with Gasteiger partial charge in [0.05, 0.1) is 28.1 Å². The first-order valence-corrected chi connectivity index (χ1v) is 12.7. The highest BCUT2D eigenvalue weighted by atomic mass is 35.5. The smallest absolute Gasteiger partial charge is 0.416 e. The van der Waals surface area contributed by atoms with Gasteiger partial charge in [-0.25, -0.2) is 4.79 Å². The topological polar surface area (TPSA) is 92.8 Å². The van der Waals surface area contributed by atoms with Gasteiger partial charge in [-0.3, -0.25) is 19.3 Å². The molecule has 1 heterocycles. The fourth-order valence-corrected chi connectivity index (χ4v) is 6.24. The average Bonchev–Trinajstić information content (AvgIpc) is 3.56. The summed E-state index contributed by atoms with van der Waals surface area (Å²) in [5.74, 6) is -3.25. The van der Waals surface area contributed by atoms with Crippen LogP contribution in [0.4, 0.5) is 18.9 Å². The van der Waals surface area contributed by atoms with Gasteiger partial charge < -0.3 is 10.1 Å². The predicted molar refractivity (Wildman–Crippen MR) is 130 cm³/mol. The number of ether oxygens (including phenoxy) is 1. The first-order valence-electron chi connectivity index (χ1n) is 12.3. The minimum atomic E-state index is -4.65. The molecule has 200 valence electrons. The molecule has 1 saturated heterocycles. The number of imide groups is 1. The Balaban J connectivity index is 1.31. The number of alkyl halides is 3. The molecular weight excluding hydrogens is 525 g/mol. The molecule has 2 aromatic rings. The maximum atomic E-state index is 13.4. The van der Waals surface area contributed by atoms with Gasteiger partial charge in [-0.15, -0.1) is 0 Å². The Labute approximate surface area is 221 Å². The van der Waals surface area contributed by atoms with Crippen LogP contribution >= 0.6 is 11.6 Å². The quantitative estimate of drug-likeness (QED) is 0.407. The number of benzene rings is 2. The molecule has 5 atom stereocenters. The molecule has 11 heteroatoms. The molecule has 2 aromatic carbocycles. The Morgan fingerprint density at radius 3 is 2.26 bits per heavy atom. The predicted octanol–water partition coefficient (Wildman–Crippen LogP) is 4.48. The Hall–Kier alpha value is -3.40. The van der Waals surface area contributed by atoms with Crippen LogP contribution < -0.4 is 5.32 Å². The molecule has 0 radical (unpaired) electrons. The second kappa shape index (κ2) is 10.1. The third-order valence-corrected chi connectivity index (χ3v) is 8.06. The summed E-state index contributed by atoms with van der Waals surface area (Å²) in [5, 5.41) is 2.08. The molecular formula is C27H24ClF3N2O5. The number of nitrogens with one attached hydrogen (secondary N) is 1. The van der Waals surface area contributed by atoms with E-state index in [1.165, 1.54) is 0 Å². The van der Waals surface area contributed by atoms with Crippen molar-refractivity contribution in [3.8, 4) is 0 Å². The van der Waals surface area contributed by atoms with E-state index >= 15 is 0 Å². The Kier molecular flexibility index (Phi) is 6.94. The molecule has 0 aromatic heterocycles. The van der Waals surface area contributed by atoms with Crippen molar-refractivity contribution < 1.29 is 37.1 Å². The van der Waals surface area contributed by atoms with E-state index < -0.39 is 48.1 Å². The summed E-state index contributed by atoms with van der Waals surface area (Å²) in [4.78, 5) is 53.4. The molecule has 1 aliphatic heterocycles. The molecule has 1 N–H and O–H groups in total. The van der Waals surface area contributed by atoms with E-state index in [9.17, 15) is 32.3 Å². The van der Waals surface area contributed by atoms with E-state index in [1.54, 1.807) is 30.3 Å². The van der Waals surface area contributed by atoms with Crippen molar-refractivity contribution >= 4 is 41.0 Å². The lowest BCUT2D eigenvalue weighted by atomic mass is 9.81. The van der Waals surface area contributed by atoms with Crippen molar-refractivity contribution in [1.82, 2.24) is 4.90 Å². The molecule has 2 saturated carbocycles. The number of nitrogens with zero attached hydrogens (tertiary/aromatic N) is 1. The van der Waals surface area contributed by atoms with Gasteiger partial charge in [0, 0.05) is 6.42 Å². The maximum Gasteiger partial charge on any atom is 0.416 e. The first-order chi connectivity index (χ1) is 18.0. The highest BCUT2D eigenvalue weighted by Crippen LogP contribution is 2.56. The highest BCUT2D eigenvalue weighted by Gasteiger charge is 2.62. The summed E-state index contributed by atoms with van der Waals surface area (Å²) >= 11 is 5.92. The number of anilines is 1. The van der Waals surface area contributed by atoms with Gasteiger partial charge in [0.25, 0.3) is 5.91 Å². The van der Waals surface area contributed by atoms with Gasteiger partial charge in [0.2, 0.25) is 11.8 Å². The lowest BCUT2D eigenvalue weighted by Crippen LogP contribution is -2.48. The van der Waals surface area contributed by atoms with Crippen molar-refractivity contribution in [1.29, 1.82) is 0 Å². The Bertz CT molecular complexity index is 1260. The van der Waals surface area contributed by atoms with Crippen LogP contribution in [0.3, 0.4) is 0 Å². The highest BCUT2D eigenvalue weighted by molar-refractivity contribution is 6.33. The van der Waals surface area contributed by atoms with Crippen molar-refractivity contribution in [3.05, 3.63) is 64.7 Å². The van der Waals surface area contributed by atoms with Crippen LogP contribution in [-0.2, 0) is 36.5 Å². The fourth-order valence-electron chi connectivity index (χ4n) is 6.07. The summed E-state index contributed by atoms with van der Waals surface area (Å²) in [7, 11) is 0. The minimum absolute atomic E-state index is 0.00695. The normalized spacial score (nSPS) is 24.9. The average molecular weight is 549 g/mol. The zero-order chi connectivity index (χ0) is 27.2. The summed E-state index contributed by atoms with van der Waals surface area (Å²) in [6.07, 6.45) is -2.04. The summed E-state index contributed by atoms with van der Waals surface area (Å²) in [5.41, 5.74) is -0.616. The molecule has 3 aliphatic rings. The molecule has 2 bridgehead atoms. The number of carbonyl (C=O) groups is 4. The number of fused-ring (bicyclic) bond motifs is 5. The summed E-state index contributed by atoms with van der Waals surface area (Å²) < 4.78 is 44.3. The number of amides is 3. The minimum Gasteiger partial charge on any atom is -0.454 e. The Morgan fingerprint density at radius 1 is 1.03 bits per heavy atom. The van der Waals surface area contributed by atoms with Gasteiger partial charge in [-0.05, 0) is 54.9 Å². The monoisotopic (exact) mass is 548 g/mol. The lowest BCUT2D eigenvalue weighted by Gasteiger charge is -2.26. The van der Waals surface area contributed by atoms with Gasteiger partial charge in [-0.2, -0.15) is 13.2 Å². The molecule has 0 spiro atoms. The van der Waals surface area contributed by atoms with Crippen LogP contribution in [0.15, 0.2) is 48.5 Å². The number of hydrogen-bond acceptors (Lipinski definition) is 5. The fraction of sp³-hybridized carbons (Fsp3) is 0.407. The number of hydrogen-bond donors (Lipinski definition) is 1. The van der Waals surface area contributed by atoms with E-state index in [0.717, 1.165) is 36.3 Å². The van der Waals surface area contributed by atoms with Crippen LogP contribution in [0.1, 0.15) is 30.4 Å². The van der Waals surface area contributed by atoms with E-state index in [2.05, 4.69) is 5.32 Å². The van der Waals surface area contributed by atoms with Crippen LogP contribution in [0.2, 0.25) is 5.02 Å². The van der Waals surface area contributed by atoms with E-state index in [0.29, 0.717) is 11.6 Å². The van der Waals surface area contributed by atoms with Crippen molar-refractivity contribution in [3.63, 3.8) is 0 Å². The van der Waals surface area contributed by atoms with Crippen LogP contribution in [0.5, 0.6) is 0 Å². The molecule has 2 aliphatic carbocycles. The Morgan fingerprint density at radius 2 is 1.66 bits per heavy atom. The number of rotatable bonds is 7. The number of likely N-dealkylation sites (tertiary alicyclic amines) is 1. The molecule has 0 unspecified atom stereocenters. The summed E-state index contributed by atoms with van der Waals surface area (Å²) in [6, 6.07) is 9.97. The van der Waals surface area contributed by atoms with Crippen LogP contribution in [-0.4, -0.2) is 41.2 Å². The van der Waals surface area contributed by atoms with Crippen molar-refractivity contribution in [2.75, 3.05) is 11.9 Å². The number of halogens is 4. The largest absolute Gasteiger partial charge is 0.454 e.